The Morgan fingerprint density at radius 3 is 2.49 bits per heavy atom. The number of carbonyl (C=O) groups is 4. The van der Waals surface area contributed by atoms with Crippen molar-refractivity contribution in [2.24, 2.45) is 5.92 Å². The van der Waals surface area contributed by atoms with Gasteiger partial charge in [0.05, 0.1) is 37.3 Å². The summed E-state index contributed by atoms with van der Waals surface area (Å²) in [5.41, 5.74) is 7.57. The van der Waals surface area contributed by atoms with E-state index in [0.717, 1.165) is 0 Å². The number of nitrogen functional groups attached to an aromatic ring is 1. The van der Waals surface area contributed by atoms with Gasteiger partial charge >= 0.3 is 17.9 Å². The van der Waals surface area contributed by atoms with E-state index in [1.54, 1.807) is 31.3 Å². The molecule has 1 atom stereocenters. The van der Waals surface area contributed by atoms with Crippen LogP contribution in [0.5, 0.6) is 0 Å². The van der Waals surface area contributed by atoms with Gasteiger partial charge in [0.25, 0.3) is 0 Å². The van der Waals surface area contributed by atoms with Crippen LogP contribution in [0.2, 0.25) is 0 Å². The van der Waals surface area contributed by atoms with Crippen LogP contribution in [0.4, 0.5) is 23.4 Å². The molecule has 0 aliphatic heterocycles. The molecular formula is C27H28N10O8. The quantitative estimate of drug-likeness (QED) is 0.0840. The fourth-order valence-electron chi connectivity index (χ4n) is 4.38. The van der Waals surface area contributed by atoms with Crippen molar-refractivity contribution in [2.45, 2.75) is 38.8 Å². The van der Waals surface area contributed by atoms with Gasteiger partial charge in [0.1, 0.15) is 12.4 Å². The lowest BCUT2D eigenvalue weighted by molar-refractivity contribution is -0.396. The first-order valence-electron chi connectivity index (χ1n) is 13.4. The molecule has 4 aromatic rings. The lowest BCUT2D eigenvalue weighted by Gasteiger charge is -2.19. The zero-order valence-electron chi connectivity index (χ0n) is 23.9. The lowest BCUT2D eigenvalue weighted by Crippen LogP contribution is -2.20. The van der Waals surface area contributed by atoms with Gasteiger partial charge in [0, 0.05) is 31.1 Å². The van der Waals surface area contributed by atoms with Gasteiger partial charge < -0.3 is 36.3 Å². The Hall–Kier alpha value is -6.07. The number of carboxylic acids is 2. The van der Waals surface area contributed by atoms with Crippen LogP contribution in [0.25, 0.3) is 11.2 Å². The average Bonchev–Trinajstić information content (AvgIpc) is 3.47. The van der Waals surface area contributed by atoms with Crippen molar-refractivity contribution in [3.63, 3.8) is 0 Å². The molecule has 1 aromatic carbocycles. The SMILES string of the molecule is CN(Cc1cnc2nc(N)nc(NC(=O)CCn3ccnc3[N+](=O)[O-])c2n1)c1ccc(C(=O)CC(CCC(=O)O)C(=O)O)cc1. The van der Waals surface area contributed by atoms with Crippen molar-refractivity contribution < 1.29 is 34.3 Å². The zero-order valence-corrected chi connectivity index (χ0v) is 23.9. The van der Waals surface area contributed by atoms with Crippen molar-refractivity contribution in [3.8, 4) is 0 Å². The molecule has 0 spiro atoms. The summed E-state index contributed by atoms with van der Waals surface area (Å²) in [7, 11) is 1.77. The fourth-order valence-corrected chi connectivity index (χ4v) is 4.38. The Bertz CT molecular complexity index is 1760. The minimum atomic E-state index is -1.23. The molecule has 0 aliphatic carbocycles. The van der Waals surface area contributed by atoms with Crippen LogP contribution in [0.1, 0.15) is 41.7 Å². The molecule has 45 heavy (non-hydrogen) atoms. The van der Waals surface area contributed by atoms with E-state index in [1.807, 2.05) is 4.90 Å². The van der Waals surface area contributed by atoms with E-state index < -0.39 is 34.5 Å². The van der Waals surface area contributed by atoms with Crippen molar-refractivity contribution in [2.75, 3.05) is 23.0 Å². The standard InChI is InChI=1S/C27H28N10O8/c1-35(18-5-2-15(3-6-18)19(38)12-16(25(42)43)4-7-21(40)41)14-17-13-30-23-22(31-17)24(34-26(28)33-23)32-20(39)8-10-36-11-9-29-27(36)37(44)45/h2-3,5-6,9,11,13,16H,4,7-8,10,12,14H2,1H3,(H,40,41)(H,42,43)(H3,28,30,32,33,34,39). The molecule has 0 saturated heterocycles. The Labute approximate surface area is 254 Å². The first kappa shape index (κ1) is 31.9. The summed E-state index contributed by atoms with van der Waals surface area (Å²) in [5, 5.41) is 31.8. The zero-order chi connectivity index (χ0) is 32.7. The molecule has 5 N–H and O–H groups in total. The number of hydrogen-bond donors (Lipinski definition) is 4. The second kappa shape index (κ2) is 13.9. The number of benzene rings is 1. The maximum atomic E-state index is 12.7. The molecule has 0 bridgehead atoms. The summed E-state index contributed by atoms with van der Waals surface area (Å²) in [6.07, 6.45) is 3.19. The summed E-state index contributed by atoms with van der Waals surface area (Å²) in [4.78, 5) is 80.4. The van der Waals surface area contributed by atoms with Crippen molar-refractivity contribution in [1.82, 2.24) is 29.5 Å². The number of nitrogens with two attached hydrogens (primary N) is 1. The number of carboxylic acid groups (broad SMARTS) is 2. The van der Waals surface area contributed by atoms with Crippen LogP contribution in [-0.4, -0.2) is 75.3 Å². The highest BCUT2D eigenvalue weighted by Gasteiger charge is 2.23. The first-order chi connectivity index (χ1) is 21.4. The molecule has 18 nitrogen and oxygen atoms in total. The second-order valence-corrected chi connectivity index (χ2v) is 9.94. The molecule has 0 radical (unpaired) electrons. The van der Waals surface area contributed by atoms with Crippen molar-refractivity contribution in [1.29, 1.82) is 0 Å². The molecule has 3 heterocycles. The third-order valence-corrected chi connectivity index (χ3v) is 6.69. The third kappa shape index (κ3) is 8.27. The molecule has 1 amide bonds. The maximum absolute atomic E-state index is 12.7. The number of nitrogens with zero attached hydrogens (tertiary/aromatic N) is 8. The van der Waals surface area contributed by atoms with Crippen LogP contribution in [0, 0.1) is 16.0 Å². The molecule has 0 aliphatic rings. The number of aryl methyl sites for hydroxylation is 1. The molecule has 3 aromatic heterocycles. The predicted molar refractivity (Wildman–Crippen MR) is 157 cm³/mol. The number of carbonyl (C=O) groups excluding carboxylic acids is 2. The van der Waals surface area contributed by atoms with Crippen LogP contribution in [0.3, 0.4) is 0 Å². The van der Waals surface area contributed by atoms with Crippen LogP contribution >= 0.6 is 0 Å². The largest absolute Gasteiger partial charge is 0.481 e. The fraction of sp³-hybridized carbons (Fsp3) is 0.296. The summed E-state index contributed by atoms with van der Waals surface area (Å²) < 4.78 is 1.23. The van der Waals surface area contributed by atoms with E-state index in [0.29, 0.717) is 11.4 Å². The molecule has 4 rings (SSSR count). The number of amides is 1. The monoisotopic (exact) mass is 620 g/mol. The molecule has 18 heteroatoms. The number of rotatable bonds is 15. The van der Waals surface area contributed by atoms with Crippen molar-refractivity contribution in [3.05, 3.63) is 64.2 Å². The summed E-state index contributed by atoms with van der Waals surface area (Å²) in [5.74, 6) is -4.90. The van der Waals surface area contributed by atoms with Crippen LogP contribution in [0.15, 0.2) is 42.9 Å². The summed E-state index contributed by atoms with van der Waals surface area (Å²) in [6.45, 7) is 0.242. The lowest BCUT2D eigenvalue weighted by atomic mass is 9.94. The molecule has 0 fully saturated rings. The number of aromatic nitrogens is 6. The second-order valence-electron chi connectivity index (χ2n) is 9.94. The van der Waals surface area contributed by atoms with Gasteiger partial charge in [-0.25, -0.2) is 14.5 Å². The Morgan fingerprint density at radius 1 is 1.09 bits per heavy atom. The van der Waals surface area contributed by atoms with E-state index in [9.17, 15) is 34.4 Å². The highest BCUT2D eigenvalue weighted by Crippen LogP contribution is 2.22. The van der Waals surface area contributed by atoms with Gasteiger partial charge in [0.2, 0.25) is 11.9 Å². The van der Waals surface area contributed by atoms with Crippen LogP contribution in [-0.2, 0) is 27.5 Å². The van der Waals surface area contributed by atoms with E-state index in [-0.39, 0.29) is 73.2 Å². The summed E-state index contributed by atoms with van der Waals surface area (Å²) in [6, 6.07) is 6.46. The Balaban J connectivity index is 1.43. The Morgan fingerprint density at radius 2 is 1.82 bits per heavy atom. The number of ketones is 1. The highest BCUT2D eigenvalue weighted by molar-refractivity contribution is 5.98. The molecular weight excluding hydrogens is 592 g/mol. The first-order valence-corrected chi connectivity index (χ1v) is 13.4. The van der Waals surface area contributed by atoms with E-state index >= 15 is 0 Å². The van der Waals surface area contributed by atoms with Gasteiger partial charge in [0.15, 0.2) is 22.8 Å². The smallest absolute Gasteiger partial charge is 0.434 e. The number of imidazole rings is 1. The number of nitrogens with one attached hydrogen (secondary N) is 1. The third-order valence-electron chi connectivity index (χ3n) is 6.69. The van der Waals surface area contributed by atoms with Gasteiger partial charge in [-0.15, -0.1) is 0 Å². The van der Waals surface area contributed by atoms with E-state index in [1.165, 1.54) is 23.2 Å². The summed E-state index contributed by atoms with van der Waals surface area (Å²) >= 11 is 0. The average molecular weight is 621 g/mol. The van der Waals surface area contributed by atoms with Gasteiger partial charge in [-0.2, -0.15) is 9.97 Å². The topological polar surface area (TPSA) is 263 Å². The number of fused-ring (bicyclic) bond motifs is 1. The van der Waals surface area contributed by atoms with E-state index in [2.05, 4.69) is 30.2 Å². The predicted octanol–water partition coefficient (Wildman–Crippen LogP) is 1.91. The van der Waals surface area contributed by atoms with Gasteiger partial charge in [-0.05, 0) is 35.6 Å². The number of aliphatic carboxylic acids is 2. The molecule has 1 unspecified atom stereocenters. The van der Waals surface area contributed by atoms with Gasteiger partial charge in [-0.3, -0.25) is 19.2 Å². The highest BCUT2D eigenvalue weighted by atomic mass is 16.6. The minimum Gasteiger partial charge on any atom is -0.481 e. The minimum absolute atomic E-state index is 0.00236. The number of hydrogen-bond acceptors (Lipinski definition) is 13. The molecule has 234 valence electrons. The number of anilines is 3. The van der Waals surface area contributed by atoms with Crippen LogP contribution < -0.4 is 16.0 Å². The van der Waals surface area contributed by atoms with Crippen molar-refractivity contribution >= 4 is 58.2 Å². The van der Waals surface area contributed by atoms with Gasteiger partial charge in [-0.1, -0.05) is 4.98 Å². The number of Topliss-reactive ketones (excluding diaryl/α,β-unsaturated/α-hetero) is 1. The number of nitro groups is 1. The van der Waals surface area contributed by atoms with E-state index in [4.69, 9.17) is 10.8 Å². The normalized spacial score (nSPS) is 11.6. The maximum Gasteiger partial charge on any atom is 0.434 e. The Kier molecular flexibility index (Phi) is 9.86. The molecule has 0 saturated carbocycles.